The summed E-state index contributed by atoms with van der Waals surface area (Å²) in [6, 6.07) is 31.3. The quantitative estimate of drug-likeness (QED) is 0.238. The van der Waals surface area contributed by atoms with Crippen LogP contribution in [-0.2, 0) is 5.41 Å². The normalized spacial score (nSPS) is 20.0. The van der Waals surface area contributed by atoms with E-state index in [-0.39, 0.29) is 17.3 Å². The molecule has 37 heavy (non-hydrogen) atoms. The molecule has 3 aliphatic rings. The third kappa shape index (κ3) is 2.55. The Hall–Kier alpha value is -4.30. The minimum Gasteiger partial charge on any atom is -0.497 e. The van der Waals surface area contributed by atoms with Gasteiger partial charge in [0.1, 0.15) is 11.5 Å². The summed E-state index contributed by atoms with van der Waals surface area (Å²) >= 11 is 0. The predicted octanol–water partition coefficient (Wildman–Crippen LogP) is 8.11. The molecule has 0 spiro atoms. The van der Waals surface area contributed by atoms with Crippen molar-refractivity contribution in [3.05, 3.63) is 130 Å². The molecule has 0 heterocycles. The Bertz CT molecular complexity index is 1660. The fraction of sp³-hybridized carbons (Fsp3) is 0.143. The molecule has 0 amide bonds. The average Bonchev–Trinajstić information content (AvgIpc) is 3.29. The smallest absolute Gasteiger partial charge is 0.118 e. The first kappa shape index (κ1) is 20.8. The second kappa shape index (κ2) is 7.36. The molecule has 5 aromatic carbocycles. The lowest BCUT2D eigenvalue weighted by Crippen LogP contribution is -2.43. The molecular formula is C35H26O2. The van der Waals surface area contributed by atoms with Crippen molar-refractivity contribution in [3.63, 3.8) is 0 Å². The Morgan fingerprint density at radius 2 is 1.00 bits per heavy atom. The SMILES string of the molecule is COc1ccc(C(c2ccc(OC)cc2)C23c4c5ccc6ccc7ccc(c2c7c46)C=CC3C=C5)cc1. The van der Waals surface area contributed by atoms with E-state index < -0.39 is 0 Å². The zero-order valence-electron chi connectivity index (χ0n) is 20.9. The van der Waals surface area contributed by atoms with Crippen LogP contribution in [0.5, 0.6) is 11.5 Å². The summed E-state index contributed by atoms with van der Waals surface area (Å²) in [7, 11) is 3.46. The van der Waals surface area contributed by atoms with Gasteiger partial charge in [-0.2, -0.15) is 0 Å². The second-order valence-electron chi connectivity index (χ2n) is 10.4. The minimum atomic E-state index is -0.250. The Kier molecular flexibility index (Phi) is 4.15. The van der Waals surface area contributed by atoms with Gasteiger partial charge in [0.15, 0.2) is 0 Å². The monoisotopic (exact) mass is 478 g/mol. The van der Waals surface area contributed by atoms with E-state index in [0.717, 1.165) is 11.5 Å². The standard InChI is InChI=1S/C35H26O2/c1-36-28-17-11-23(12-18-28)32(24-13-19-29(37-2)20-14-24)35-27-15-9-25-7-5-21-3-4-22-6-8-26(10-16-27)34(35)31(22)30(21)33(25)35/h3-20,27,32H,1-2H3. The van der Waals surface area contributed by atoms with Crippen molar-refractivity contribution in [2.24, 2.45) is 5.92 Å². The fourth-order valence-electron chi connectivity index (χ4n) is 7.47. The molecule has 0 N–H and O–H groups in total. The number of benzene rings is 5. The lowest BCUT2D eigenvalue weighted by molar-refractivity contribution is 0.389. The van der Waals surface area contributed by atoms with Crippen LogP contribution in [0.2, 0.25) is 0 Å². The third-order valence-corrected chi connectivity index (χ3v) is 8.91. The van der Waals surface area contributed by atoms with Gasteiger partial charge in [0, 0.05) is 17.3 Å². The molecule has 0 bridgehead atoms. The number of allylic oxidation sites excluding steroid dienone is 2. The van der Waals surface area contributed by atoms with E-state index in [9.17, 15) is 0 Å². The number of ether oxygens (including phenoxy) is 2. The lowest BCUT2D eigenvalue weighted by atomic mass is 9.53. The third-order valence-electron chi connectivity index (χ3n) is 8.91. The second-order valence-corrected chi connectivity index (χ2v) is 10.4. The summed E-state index contributed by atoms with van der Waals surface area (Å²) in [6.45, 7) is 0. The van der Waals surface area contributed by atoms with E-state index in [1.165, 1.54) is 54.9 Å². The lowest BCUT2D eigenvalue weighted by Gasteiger charge is -2.49. The summed E-state index contributed by atoms with van der Waals surface area (Å²) in [5, 5.41) is 5.50. The van der Waals surface area contributed by atoms with E-state index in [4.69, 9.17) is 9.47 Å². The van der Waals surface area contributed by atoms with Gasteiger partial charge in [-0.1, -0.05) is 85.0 Å². The van der Waals surface area contributed by atoms with E-state index in [2.05, 4.69) is 109 Å². The molecule has 0 unspecified atom stereocenters. The Morgan fingerprint density at radius 1 is 0.568 bits per heavy atom. The van der Waals surface area contributed by atoms with Gasteiger partial charge < -0.3 is 9.47 Å². The first-order valence-electron chi connectivity index (χ1n) is 12.9. The van der Waals surface area contributed by atoms with E-state index in [1.807, 2.05) is 0 Å². The van der Waals surface area contributed by atoms with Gasteiger partial charge in [-0.3, -0.25) is 0 Å². The number of hydrogen-bond donors (Lipinski definition) is 0. The van der Waals surface area contributed by atoms with Crippen LogP contribution >= 0.6 is 0 Å². The first-order chi connectivity index (χ1) is 18.2. The molecule has 2 nitrogen and oxygen atoms in total. The van der Waals surface area contributed by atoms with E-state index in [0.29, 0.717) is 0 Å². The van der Waals surface area contributed by atoms with Gasteiger partial charge in [-0.25, -0.2) is 0 Å². The van der Waals surface area contributed by atoms with Crippen LogP contribution in [0.1, 0.15) is 39.3 Å². The molecule has 0 atom stereocenters. The fourth-order valence-corrected chi connectivity index (χ4v) is 7.47. The molecule has 0 radical (unpaired) electrons. The van der Waals surface area contributed by atoms with Gasteiger partial charge in [-0.15, -0.1) is 0 Å². The molecule has 8 rings (SSSR count). The van der Waals surface area contributed by atoms with Crippen molar-refractivity contribution in [1.29, 1.82) is 0 Å². The van der Waals surface area contributed by atoms with Crippen molar-refractivity contribution >= 4 is 33.7 Å². The van der Waals surface area contributed by atoms with Crippen molar-refractivity contribution in [1.82, 2.24) is 0 Å². The minimum absolute atomic E-state index is 0.102. The molecule has 0 aliphatic heterocycles. The summed E-state index contributed by atoms with van der Waals surface area (Å²) in [5.41, 5.74) is 7.96. The van der Waals surface area contributed by atoms with Gasteiger partial charge >= 0.3 is 0 Å². The van der Waals surface area contributed by atoms with Gasteiger partial charge in [0.25, 0.3) is 0 Å². The topological polar surface area (TPSA) is 18.5 Å². The Labute approximate surface area is 216 Å². The van der Waals surface area contributed by atoms with Crippen LogP contribution in [-0.4, -0.2) is 14.2 Å². The molecule has 0 saturated carbocycles. The van der Waals surface area contributed by atoms with Crippen molar-refractivity contribution < 1.29 is 9.47 Å². The number of rotatable bonds is 5. The van der Waals surface area contributed by atoms with E-state index >= 15 is 0 Å². The highest BCUT2D eigenvalue weighted by Gasteiger charge is 2.56. The van der Waals surface area contributed by atoms with Gasteiger partial charge in [0.2, 0.25) is 0 Å². The van der Waals surface area contributed by atoms with Gasteiger partial charge in [-0.05, 0) is 79.2 Å². The van der Waals surface area contributed by atoms with Crippen LogP contribution in [0.15, 0.2) is 97.1 Å². The molecule has 3 aliphatic carbocycles. The van der Waals surface area contributed by atoms with E-state index in [1.54, 1.807) is 14.2 Å². The van der Waals surface area contributed by atoms with Crippen LogP contribution in [0.25, 0.3) is 33.7 Å². The maximum Gasteiger partial charge on any atom is 0.118 e. The highest BCUT2D eigenvalue weighted by molar-refractivity contribution is 6.18. The number of hydrogen-bond acceptors (Lipinski definition) is 2. The molecular weight excluding hydrogens is 452 g/mol. The highest BCUT2D eigenvalue weighted by Crippen LogP contribution is 2.65. The van der Waals surface area contributed by atoms with Crippen LogP contribution in [0.4, 0.5) is 0 Å². The molecule has 178 valence electrons. The zero-order valence-corrected chi connectivity index (χ0v) is 20.9. The van der Waals surface area contributed by atoms with Crippen molar-refractivity contribution in [3.8, 4) is 11.5 Å². The molecule has 2 heteroatoms. The summed E-state index contributed by atoms with van der Waals surface area (Å²) in [6.07, 6.45) is 9.55. The average molecular weight is 479 g/mol. The van der Waals surface area contributed by atoms with Crippen LogP contribution < -0.4 is 9.47 Å². The molecule has 0 aromatic heterocycles. The maximum absolute atomic E-state index is 5.55. The summed E-state index contributed by atoms with van der Waals surface area (Å²) in [4.78, 5) is 0. The van der Waals surface area contributed by atoms with Crippen molar-refractivity contribution in [2.45, 2.75) is 11.3 Å². The Balaban J connectivity index is 1.54. The van der Waals surface area contributed by atoms with Gasteiger partial charge in [0.05, 0.1) is 14.2 Å². The number of methoxy groups -OCH3 is 2. The molecule has 5 aromatic rings. The van der Waals surface area contributed by atoms with Crippen LogP contribution in [0.3, 0.4) is 0 Å². The Morgan fingerprint density at radius 3 is 1.43 bits per heavy atom. The maximum atomic E-state index is 5.55. The highest BCUT2D eigenvalue weighted by atomic mass is 16.5. The van der Waals surface area contributed by atoms with Crippen molar-refractivity contribution in [2.75, 3.05) is 14.2 Å². The largest absolute Gasteiger partial charge is 0.497 e. The summed E-state index contributed by atoms with van der Waals surface area (Å²) in [5.74, 6) is 2.10. The summed E-state index contributed by atoms with van der Waals surface area (Å²) < 4.78 is 11.1. The van der Waals surface area contributed by atoms with Crippen LogP contribution in [0, 0.1) is 5.92 Å². The zero-order chi connectivity index (χ0) is 24.7. The predicted molar refractivity (Wildman–Crippen MR) is 152 cm³/mol. The molecule has 0 fully saturated rings. The first-order valence-corrected chi connectivity index (χ1v) is 12.9. The molecule has 0 saturated heterocycles.